The van der Waals surface area contributed by atoms with Crippen molar-refractivity contribution in [2.45, 2.75) is 6.92 Å². The number of hydrogen-bond donors (Lipinski definition) is 1. The molecule has 5 heteroatoms. The number of hydrogen-bond acceptors (Lipinski definition) is 3. The van der Waals surface area contributed by atoms with Crippen LogP contribution in [0.1, 0.15) is 12.5 Å². The second kappa shape index (κ2) is 5.23. The lowest BCUT2D eigenvalue weighted by atomic mass is 10.2. The van der Waals surface area contributed by atoms with Gasteiger partial charge in [-0.25, -0.2) is 0 Å². The van der Waals surface area contributed by atoms with Gasteiger partial charge in [-0.1, -0.05) is 6.07 Å². The maximum atomic E-state index is 11.6. The van der Waals surface area contributed by atoms with Gasteiger partial charge in [0.1, 0.15) is 6.07 Å². The van der Waals surface area contributed by atoms with E-state index in [-0.39, 0.29) is 5.91 Å². The van der Waals surface area contributed by atoms with Gasteiger partial charge in [-0.3, -0.25) is 4.79 Å². The zero-order valence-corrected chi connectivity index (χ0v) is 11.5. The Morgan fingerprint density at radius 1 is 1.56 bits per heavy atom. The molecule has 1 N–H and O–H groups in total. The number of likely N-dealkylation sites (N-methyl/N-ethyl adjacent to an activating group) is 1. The number of halogens is 1. The third kappa shape index (κ3) is 2.39. The van der Waals surface area contributed by atoms with E-state index in [1.165, 1.54) is 0 Å². The van der Waals surface area contributed by atoms with Crippen molar-refractivity contribution in [2.24, 2.45) is 0 Å². The summed E-state index contributed by atoms with van der Waals surface area (Å²) in [5, 5.41) is 12.2. The molecule has 0 spiro atoms. The van der Waals surface area contributed by atoms with Crippen LogP contribution in [0.5, 0.6) is 0 Å². The summed E-state index contributed by atoms with van der Waals surface area (Å²) in [4.78, 5) is 13.3. The molecule has 2 rings (SSSR count). The van der Waals surface area contributed by atoms with Crippen LogP contribution in [0.15, 0.2) is 34.4 Å². The van der Waals surface area contributed by atoms with Crippen LogP contribution in [-0.4, -0.2) is 23.9 Å². The van der Waals surface area contributed by atoms with Crippen molar-refractivity contribution in [3.05, 3.63) is 40.0 Å². The van der Waals surface area contributed by atoms with Crippen LogP contribution in [0, 0.1) is 11.3 Å². The summed E-state index contributed by atoms with van der Waals surface area (Å²) in [6.45, 7) is 3.18. The highest BCUT2D eigenvalue weighted by Crippen LogP contribution is 2.28. The zero-order valence-electron chi connectivity index (χ0n) is 9.90. The van der Waals surface area contributed by atoms with Gasteiger partial charge in [-0.05, 0) is 35.0 Å². The first-order chi connectivity index (χ1) is 8.65. The van der Waals surface area contributed by atoms with Gasteiger partial charge in [-0.2, -0.15) is 5.26 Å². The van der Waals surface area contributed by atoms with Crippen LogP contribution >= 0.6 is 15.9 Å². The Kier molecular flexibility index (Phi) is 3.68. The molecule has 1 aromatic rings. The van der Waals surface area contributed by atoms with Crippen molar-refractivity contribution in [3.8, 4) is 6.07 Å². The molecule has 0 atom stereocenters. The predicted octanol–water partition coefficient (Wildman–Crippen LogP) is 2.48. The minimum absolute atomic E-state index is 0.00515. The highest BCUT2D eigenvalue weighted by Gasteiger charge is 2.20. The van der Waals surface area contributed by atoms with E-state index in [1.54, 1.807) is 23.1 Å². The second-order valence-corrected chi connectivity index (χ2v) is 4.78. The number of nitriles is 1. The van der Waals surface area contributed by atoms with Crippen molar-refractivity contribution in [2.75, 3.05) is 18.4 Å². The number of benzene rings is 1. The van der Waals surface area contributed by atoms with E-state index in [0.717, 1.165) is 10.2 Å². The average molecular weight is 306 g/mol. The van der Waals surface area contributed by atoms with E-state index in [0.29, 0.717) is 24.3 Å². The summed E-state index contributed by atoms with van der Waals surface area (Å²) < 4.78 is 0.810. The van der Waals surface area contributed by atoms with Crippen LogP contribution in [0.25, 0.3) is 0 Å². The van der Waals surface area contributed by atoms with Crippen LogP contribution < -0.4 is 5.32 Å². The molecule has 0 radical (unpaired) electrons. The summed E-state index contributed by atoms with van der Waals surface area (Å²) in [5.41, 5.74) is 2.06. The first kappa shape index (κ1) is 12.7. The number of nitrogens with one attached hydrogen (secondary N) is 1. The van der Waals surface area contributed by atoms with E-state index in [4.69, 9.17) is 5.26 Å². The number of nitrogens with zero attached hydrogens (tertiary/aromatic N) is 2. The normalized spacial score (nSPS) is 14.4. The summed E-state index contributed by atoms with van der Waals surface area (Å²) in [6.07, 6.45) is 1.57. The minimum Gasteiger partial charge on any atom is -0.355 e. The highest BCUT2D eigenvalue weighted by molar-refractivity contribution is 9.10. The smallest absolute Gasteiger partial charge is 0.248 e. The first-order valence-corrected chi connectivity index (χ1v) is 6.40. The van der Waals surface area contributed by atoms with Crippen molar-refractivity contribution in [1.29, 1.82) is 5.26 Å². The number of anilines is 1. The second-order valence-electron chi connectivity index (χ2n) is 3.92. The SMILES string of the molecule is CCN1CC(Nc2c(Br)cccc2C#N)=CC1=O. The molecule has 0 aromatic heterocycles. The van der Waals surface area contributed by atoms with Crippen molar-refractivity contribution in [1.82, 2.24) is 4.90 Å². The Balaban J connectivity index is 2.24. The van der Waals surface area contributed by atoms with Gasteiger partial charge in [0.25, 0.3) is 0 Å². The molecule has 0 fully saturated rings. The summed E-state index contributed by atoms with van der Waals surface area (Å²) in [7, 11) is 0. The van der Waals surface area contributed by atoms with E-state index in [2.05, 4.69) is 27.3 Å². The molecule has 1 aliphatic heterocycles. The first-order valence-electron chi connectivity index (χ1n) is 5.60. The lowest BCUT2D eigenvalue weighted by Gasteiger charge is -2.15. The van der Waals surface area contributed by atoms with Gasteiger partial charge in [0.15, 0.2) is 0 Å². The van der Waals surface area contributed by atoms with Gasteiger partial charge in [-0.15, -0.1) is 0 Å². The van der Waals surface area contributed by atoms with Crippen molar-refractivity contribution in [3.63, 3.8) is 0 Å². The molecule has 0 bridgehead atoms. The van der Waals surface area contributed by atoms with Gasteiger partial charge < -0.3 is 10.2 Å². The highest BCUT2D eigenvalue weighted by atomic mass is 79.9. The quantitative estimate of drug-likeness (QED) is 0.933. The standard InChI is InChI=1S/C13H12BrN3O/c1-2-17-8-10(6-12(17)18)16-13-9(7-15)4-3-5-11(13)14/h3-6,16H,2,8H2,1H3. The fourth-order valence-corrected chi connectivity index (χ4v) is 2.28. The molecule has 1 aromatic carbocycles. The van der Waals surface area contributed by atoms with Gasteiger partial charge in [0, 0.05) is 22.8 Å². The minimum atomic E-state index is 0.00515. The largest absolute Gasteiger partial charge is 0.355 e. The Labute approximate surface area is 114 Å². The molecule has 18 heavy (non-hydrogen) atoms. The number of rotatable bonds is 3. The summed E-state index contributed by atoms with van der Waals surface area (Å²) in [6, 6.07) is 7.53. The maximum Gasteiger partial charge on any atom is 0.248 e. The van der Waals surface area contributed by atoms with Crippen LogP contribution in [-0.2, 0) is 4.79 Å². The Bertz CT molecular complexity index is 560. The van der Waals surface area contributed by atoms with Crippen LogP contribution in [0.4, 0.5) is 5.69 Å². The van der Waals surface area contributed by atoms with Crippen molar-refractivity contribution >= 4 is 27.5 Å². The predicted molar refractivity (Wildman–Crippen MR) is 72.8 cm³/mol. The van der Waals surface area contributed by atoms with E-state index in [9.17, 15) is 4.79 Å². The molecule has 1 amide bonds. The topological polar surface area (TPSA) is 56.1 Å². The molecule has 0 saturated carbocycles. The molecule has 1 heterocycles. The van der Waals surface area contributed by atoms with E-state index in [1.807, 2.05) is 13.0 Å². The van der Waals surface area contributed by atoms with E-state index < -0.39 is 0 Å². The lowest BCUT2D eigenvalue weighted by molar-refractivity contribution is -0.124. The lowest BCUT2D eigenvalue weighted by Crippen LogP contribution is -2.26. The van der Waals surface area contributed by atoms with Gasteiger partial charge in [0.2, 0.25) is 5.91 Å². The third-order valence-electron chi connectivity index (χ3n) is 2.77. The Morgan fingerprint density at radius 2 is 2.33 bits per heavy atom. The average Bonchev–Trinajstić information content (AvgIpc) is 2.72. The van der Waals surface area contributed by atoms with Crippen LogP contribution in [0.2, 0.25) is 0 Å². The molecule has 0 unspecified atom stereocenters. The number of amides is 1. The molecule has 4 nitrogen and oxygen atoms in total. The Morgan fingerprint density at radius 3 is 2.94 bits per heavy atom. The summed E-state index contributed by atoms with van der Waals surface area (Å²) in [5.74, 6) is 0.00515. The fraction of sp³-hybridized carbons (Fsp3) is 0.231. The fourth-order valence-electron chi connectivity index (χ4n) is 1.82. The number of para-hydroxylation sites is 1. The molecule has 1 aliphatic rings. The molecular weight excluding hydrogens is 294 g/mol. The van der Waals surface area contributed by atoms with Gasteiger partial charge in [0.05, 0.1) is 17.8 Å². The van der Waals surface area contributed by atoms with Gasteiger partial charge >= 0.3 is 0 Å². The number of carbonyl (C=O) groups is 1. The monoisotopic (exact) mass is 305 g/mol. The van der Waals surface area contributed by atoms with Crippen LogP contribution in [0.3, 0.4) is 0 Å². The number of carbonyl (C=O) groups excluding carboxylic acids is 1. The summed E-state index contributed by atoms with van der Waals surface area (Å²) >= 11 is 3.40. The Hall–Kier alpha value is -1.80. The zero-order chi connectivity index (χ0) is 13.1. The molecule has 0 saturated heterocycles. The maximum absolute atomic E-state index is 11.6. The van der Waals surface area contributed by atoms with Crippen molar-refractivity contribution < 1.29 is 4.79 Å². The third-order valence-corrected chi connectivity index (χ3v) is 3.43. The molecule has 92 valence electrons. The molecular formula is C13H12BrN3O. The molecule has 0 aliphatic carbocycles. The van der Waals surface area contributed by atoms with E-state index >= 15 is 0 Å².